The van der Waals surface area contributed by atoms with Gasteiger partial charge in [0.05, 0.1) is 13.5 Å². The summed E-state index contributed by atoms with van der Waals surface area (Å²) in [7, 11) is 1.65. The monoisotopic (exact) mass is 276 g/mol. The second-order valence-corrected chi connectivity index (χ2v) is 5.63. The lowest BCUT2D eigenvalue weighted by molar-refractivity contribution is -0.150. The maximum atomic E-state index is 12.0. The molecule has 1 aliphatic rings. The Kier molecular flexibility index (Phi) is 5.45. The first kappa shape index (κ1) is 14.9. The first-order valence-electron chi connectivity index (χ1n) is 7.52. The summed E-state index contributed by atoms with van der Waals surface area (Å²) in [4.78, 5) is 12.0. The number of rotatable bonds is 5. The van der Waals surface area contributed by atoms with Crippen molar-refractivity contribution in [1.82, 2.24) is 0 Å². The molecule has 20 heavy (non-hydrogen) atoms. The number of esters is 1. The fourth-order valence-electron chi connectivity index (χ4n) is 2.73. The van der Waals surface area contributed by atoms with Gasteiger partial charge in [-0.3, -0.25) is 4.79 Å². The molecule has 0 aromatic heterocycles. The molecule has 0 spiro atoms. The number of methoxy groups -OCH3 is 1. The Hall–Kier alpha value is -1.51. The third-order valence-electron chi connectivity index (χ3n) is 3.99. The van der Waals surface area contributed by atoms with Crippen LogP contribution in [0.2, 0.25) is 0 Å². The number of carbonyl (C=O) groups is 1. The van der Waals surface area contributed by atoms with Crippen molar-refractivity contribution in [3.05, 3.63) is 29.8 Å². The highest BCUT2D eigenvalue weighted by Gasteiger charge is 2.19. The average molecular weight is 276 g/mol. The molecule has 0 radical (unpaired) electrons. The highest BCUT2D eigenvalue weighted by atomic mass is 16.5. The number of hydrogen-bond acceptors (Lipinski definition) is 3. The maximum Gasteiger partial charge on any atom is 0.306 e. The average Bonchev–Trinajstić information content (AvgIpc) is 2.48. The van der Waals surface area contributed by atoms with Crippen molar-refractivity contribution < 1.29 is 14.3 Å². The molecular weight excluding hydrogens is 252 g/mol. The van der Waals surface area contributed by atoms with Crippen LogP contribution in [0, 0.1) is 0 Å². The molecule has 0 saturated heterocycles. The first-order chi connectivity index (χ1) is 9.69. The van der Waals surface area contributed by atoms with Gasteiger partial charge in [-0.05, 0) is 49.3 Å². The molecule has 3 nitrogen and oxygen atoms in total. The lowest BCUT2D eigenvalue weighted by Gasteiger charge is -2.22. The van der Waals surface area contributed by atoms with E-state index in [1.807, 2.05) is 24.3 Å². The summed E-state index contributed by atoms with van der Waals surface area (Å²) < 4.78 is 10.8. The molecule has 1 aliphatic carbocycles. The number of benzene rings is 1. The summed E-state index contributed by atoms with van der Waals surface area (Å²) in [5.74, 6) is 0.906. The minimum absolute atomic E-state index is 0.0766. The van der Waals surface area contributed by atoms with Gasteiger partial charge in [0, 0.05) is 0 Å². The summed E-state index contributed by atoms with van der Waals surface area (Å²) in [6.07, 6.45) is 6.28. The maximum absolute atomic E-state index is 12.0. The molecule has 0 bridgehead atoms. The van der Waals surface area contributed by atoms with Crippen LogP contribution in [0.25, 0.3) is 0 Å². The molecule has 1 saturated carbocycles. The Morgan fingerprint density at radius 3 is 2.75 bits per heavy atom. The molecule has 1 atom stereocenters. The Morgan fingerprint density at radius 1 is 1.30 bits per heavy atom. The molecule has 1 aromatic rings. The standard InChI is InChI=1S/C17H24O3/c1-13(14-7-6-10-16(12-14)19-2)11-17(18)20-15-8-4-3-5-9-15/h6-7,10,12-13,15H,3-5,8-9,11H2,1-2H3. The second-order valence-electron chi connectivity index (χ2n) is 5.63. The summed E-state index contributed by atoms with van der Waals surface area (Å²) >= 11 is 0. The van der Waals surface area contributed by atoms with Crippen molar-refractivity contribution in [2.45, 2.75) is 57.5 Å². The Morgan fingerprint density at radius 2 is 2.05 bits per heavy atom. The molecular formula is C17H24O3. The van der Waals surface area contributed by atoms with Gasteiger partial charge in [-0.15, -0.1) is 0 Å². The van der Waals surface area contributed by atoms with Crippen LogP contribution in [0.5, 0.6) is 5.75 Å². The smallest absolute Gasteiger partial charge is 0.306 e. The van der Waals surface area contributed by atoms with E-state index in [1.54, 1.807) is 7.11 Å². The zero-order chi connectivity index (χ0) is 14.4. The zero-order valence-electron chi connectivity index (χ0n) is 12.4. The molecule has 0 aliphatic heterocycles. The van der Waals surface area contributed by atoms with Gasteiger partial charge in [-0.2, -0.15) is 0 Å². The molecule has 3 heteroatoms. The highest BCUT2D eigenvalue weighted by molar-refractivity contribution is 5.70. The highest BCUT2D eigenvalue weighted by Crippen LogP contribution is 2.25. The van der Waals surface area contributed by atoms with E-state index in [9.17, 15) is 4.79 Å². The fourth-order valence-corrected chi connectivity index (χ4v) is 2.73. The van der Waals surface area contributed by atoms with Gasteiger partial charge in [0.25, 0.3) is 0 Å². The van der Waals surface area contributed by atoms with Gasteiger partial charge in [-0.25, -0.2) is 0 Å². The minimum Gasteiger partial charge on any atom is -0.497 e. The van der Waals surface area contributed by atoms with Crippen LogP contribution in [0.1, 0.15) is 56.9 Å². The quantitative estimate of drug-likeness (QED) is 0.761. The van der Waals surface area contributed by atoms with Crippen LogP contribution >= 0.6 is 0 Å². The molecule has 0 heterocycles. The lowest BCUT2D eigenvalue weighted by atomic mass is 9.96. The van der Waals surface area contributed by atoms with Crippen molar-refractivity contribution in [2.24, 2.45) is 0 Å². The summed E-state index contributed by atoms with van der Waals surface area (Å²) in [5.41, 5.74) is 1.12. The van der Waals surface area contributed by atoms with Crippen LogP contribution < -0.4 is 4.74 Å². The molecule has 1 unspecified atom stereocenters. The van der Waals surface area contributed by atoms with Gasteiger partial charge in [0.2, 0.25) is 0 Å². The fraction of sp³-hybridized carbons (Fsp3) is 0.588. The predicted octanol–water partition coefficient (Wildman–Crippen LogP) is 4.06. The van der Waals surface area contributed by atoms with E-state index < -0.39 is 0 Å². The van der Waals surface area contributed by atoms with Crippen LogP contribution in [-0.2, 0) is 9.53 Å². The van der Waals surface area contributed by atoms with E-state index in [1.165, 1.54) is 19.3 Å². The Bertz CT molecular complexity index is 436. The third-order valence-corrected chi connectivity index (χ3v) is 3.99. The van der Waals surface area contributed by atoms with Gasteiger partial charge >= 0.3 is 5.97 Å². The normalized spacial score (nSPS) is 17.5. The lowest BCUT2D eigenvalue weighted by Crippen LogP contribution is -2.21. The van der Waals surface area contributed by atoms with Crippen LogP contribution in [0.3, 0.4) is 0 Å². The van der Waals surface area contributed by atoms with Gasteiger partial charge < -0.3 is 9.47 Å². The Balaban J connectivity index is 1.86. The summed E-state index contributed by atoms with van der Waals surface area (Å²) in [6, 6.07) is 7.88. The molecule has 0 N–H and O–H groups in total. The van der Waals surface area contributed by atoms with Crippen molar-refractivity contribution in [3.8, 4) is 5.75 Å². The van der Waals surface area contributed by atoms with Crippen LogP contribution in [-0.4, -0.2) is 19.2 Å². The van der Waals surface area contributed by atoms with E-state index in [0.29, 0.717) is 6.42 Å². The second kappa shape index (κ2) is 7.32. The van der Waals surface area contributed by atoms with E-state index in [2.05, 4.69) is 6.92 Å². The van der Waals surface area contributed by atoms with Gasteiger partial charge in [0.1, 0.15) is 11.9 Å². The zero-order valence-corrected chi connectivity index (χ0v) is 12.4. The minimum atomic E-state index is -0.0766. The number of hydrogen-bond donors (Lipinski definition) is 0. The van der Waals surface area contributed by atoms with Crippen molar-refractivity contribution in [2.75, 3.05) is 7.11 Å². The molecule has 0 amide bonds. The molecule has 1 aromatic carbocycles. The van der Waals surface area contributed by atoms with Gasteiger partial charge in [0.15, 0.2) is 0 Å². The number of ether oxygens (including phenoxy) is 2. The Labute approximate surface area is 121 Å². The van der Waals surface area contributed by atoms with Crippen molar-refractivity contribution in [3.63, 3.8) is 0 Å². The van der Waals surface area contributed by atoms with Crippen LogP contribution in [0.4, 0.5) is 0 Å². The largest absolute Gasteiger partial charge is 0.497 e. The van der Waals surface area contributed by atoms with Crippen LogP contribution in [0.15, 0.2) is 24.3 Å². The summed E-state index contributed by atoms with van der Waals surface area (Å²) in [6.45, 7) is 2.05. The third kappa shape index (κ3) is 4.26. The van der Waals surface area contributed by atoms with Crippen molar-refractivity contribution in [1.29, 1.82) is 0 Å². The summed E-state index contributed by atoms with van der Waals surface area (Å²) in [5, 5.41) is 0. The topological polar surface area (TPSA) is 35.5 Å². The van der Waals surface area contributed by atoms with E-state index in [4.69, 9.17) is 9.47 Å². The molecule has 2 rings (SSSR count). The van der Waals surface area contributed by atoms with E-state index in [-0.39, 0.29) is 18.0 Å². The van der Waals surface area contributed by atoms with Crippen molar-refractivity contribution >= 4 is 5.97 Å². The van der Waals surface area contributed by atoms with E-state index in [0.717, 1.165) is 24.2 Å². The molecule has 1 fully saturated rings. The molecule has 110 valence electrons. The van der Waals surface area contributed by atoms with Gasteiger partial charge in [-0.1, -0.05) is 25.5 Å². The number of carbonyl (C=O) groups excluding carboxylic acids is 1. The predicted molar refractivity (Wildman–Crippen MR) is 79.0 cm³/mol. The SMILES string of the molecule is COc1cccc(C(C)CC(=O)OC2CCCCC2)c1. The first-order valence-corrected chi connectivity index (χ1v) is 7.52. The van der Waals surface area contributed by atoms with E-state index >= 15 is 0 Å².